The van der Waals surface area contributed by atoms with Crippen molar-refractivity contribution in [2.24, 2.45) is 0 Å². The van der Waals surface area contributed by atoms with Crippen LogP contribution in [0.15, 0.2) is 48.5 Å². The molecule has 112 valence electrons. The molecule has 3 nitrogen and oxygen atoms in total. The average molecular weight is 292 g/mol. The lowest BCUT2D eigenvalue weighted by molar-refractivity contribution is 0.282. The van der Waals surface area contributed by atoms with Gasteiger partial charge in [0.1, 0.15) is 0 Å². The minimum atomic E-state index is 0.0776. The molecule has 4 rings (SSSR count). The summed E-state index contributed by atoms with van der Waals surface area (Å²) < 4.78 is 0. The Morgan fingerprint density at radius 1 is 1.09 bits per heavy atom. The molecule has 0 aliphatic heterocycles. The Morgan fingerprint density at radius 3 is 2.82 bits per heavy atom. The van der Waals surface area contributed by atoms with E-state index in [2.05, 4.69) is 40.6 Å². The zero-order valence-corrected chi connectivity index (χ0v) is 12.5. The van der Waals surface area contributed by atoms with Crippen molar-refractivity contribution in [2.75, 3.05) is 5.32 Å². The van der Waals surface area contributed by atoms with Crippen LogP contribution in [0.3, 0.4) is 0 Å². The lowest BCUT2D eigenvalue weighted by Gasteiger charge is -2.25. The zero-order valence-electron chi connectivity index (χ0n) is 12.5. The molecule has 3 heteroatoms. The fourth-order valence-electron chi connectivity index (χ4n) is 3.51. The Bertz CT molecular complexity index is 806. The molecular formula is C19H20N2O. The topological polar surface area (TPSA) is 48.0 Å². The highest BCUT2D eigenvalue weighted by Crippen LogP contribution is 2.30. The quantitative estimate of drug-likeness (QED) is 0.690. The molecule has 1 aromatic heterocycles. The van der Waals surface area contributed by atoms with E-state index in [1.54, 1.807) is 0 Å². The van der Waals surface area contributed by atoms with Crippen LogP contribution in [0.2, 0.25) is 0 Å². The van der Waals surface area contributed by atoms with Crippen LogP contribution in [0.1, 0.15) is 23.2 Å². The molecule has 22 heavy (non-hydrogen) atoms. The van der Waals surface area contributed by atoms with E-state index >= 15 is 0 Å². The number of hydrogen-bond acceptors (Lipinski definition) is 2. The van der Waals surface area contributed by atoms with Crippen LogP contribution in [-0.4, -0.2) is 16.1 Å². The fraction of sp³-hybridized carbons (Fsp3) is 0.263. The van der Waals surface area contributed by atoms with Crippen molar-refractivity contribution in [1.29, 1.82) is 0 Å². The van der Waals surface area contributed by atoms with Crippen LogP contribution in [0.25, 0.3) is 10.9 Å². The van der Waals surface area contributed by atoms with Crippen molar-refractivity contribution >= 4 is 16.6 Å². The number of fused-ring (bicyclic) bond motifs is 3. The molecule has 3 aromatic rings. The van der Waals surface area contributed by atoms with E-state index in [9.17, 15) is 5.11 Å². The first-order valence-electron chi connectivity index (χ1n) is 7.89. The van der Waals surface area contributed by atoms with Gasteiger partial charge in [0.25, 0.3) is 0 Å². The van der Waals surface area contributed by atoms with Gasteiger partial charge in [-0.1, -0.05) is 36.4 Å². The van der Waals surface area contributed by atoms with Gasteiger partial charge in [0.05, 0.1) is 6.61 Å². The van der Waals surface area contributed by atoms with Crippen LogP contribution in [-0.2, 0) is 19.4 Å². The van der Waals surface area contributed by atoms with Gasteiger partial charge in [-0.3, -0.25) is 0 Å². The van der Waals surface area contributed by atoms with Crippen molar-refractivity contribution in [3.05, 3.63) is 65.4 Å². The Hall–Kier alpha value is -2.26. The maximum atomic E-state index is 9.47. The summed E-state index contributed by atoms with van der Waals surface area (Å²) in [6.07, 6.45) is 3.21. The number of anilines is 1. The van der Waals surface area contributed by atoms with Crippen molar-refractivity contribution in [1.82, 2.24) is 4.98 Å². The molecule has 2 aromatic carbocycles. The van der Waals surface area contributed by atoms with Crippen molar-refractivity contribution in [3.63, 3.8) is 0 Å². The van der Waals surface area contributed by atoms with E-state index in [0.717, 1.165) is 30.5 Å². The van der Waals surface area contributed by atoms with E-state index < -0.39 is 0 Å². The largest absolute Gasteiger partial charge is 0.392 e. The van der Waals surface area contributed by atoms with E-state index in [4.69, 9.17) is 0 Å². The first kappa shape index (κ1) is 13.4. The molecule has 0 spiro atoms. The highest BCUT2D eigenvalue weighted by molar-refractivity contribution is 5.85. The van der Waals surface area contributed by atoms with Crippen molar-refractivity contribution in [3.8, 4) is 0 Å². The maximum Gasteiger partial charge on any atom is 0.0701 e. The first-order valence-corrected chi connectivity index (χ1v) is 7.89. The fourth-order valence-corrected chi connectivity index (χ4v) is 3.51. The number of para-hydroxylation sites is 2. The van der Waals surface area contributed by atoms with Gasteiger partial charge in [-0.05, 0) is 37.0 Å². The van der Waals surface area contributed by atoms with Gasteiger partial charge in [0.2, 0.25) is 0 Å². The van der Waals surface area contributed by atoms with E-state index in [0.29, 0.717) is 6.04 Å². The lowest BCUT2D eigenvalue weighted by Crippen LogP contribution is -2.27. The number of hydrogen-bond donors (Lipinski definition) is 3. The molecule has 1 heterocycles. The third-order valence-corrected chi connectivity index (χ3v) is 4.64. The third kappa shape index (κ3) is 2.28. The number of aliphatic hydroxyl groups excluding tert-OH is 1. The highest BCUT2D eigenvalue weighted by Gasteiger charge is 2.22. The summed E-state index contributed by atoms with van der Waals surface area (Å²) in [6, 6.07) is 17.0. The number of benzene rings is 2. The highest BCUT2D eigenvalue weighted by atomic mass is 16.3. The minimum absolute atomic E-state index is 0.0776. The molecule has 0 saturated heterocycles. The van der Waals surface area contributed by atoms with Gasteiger partial charge in [-0.2, -0.15) is 0 Å². The zero-order chi connectivity index (χ0) is 14.9. The van der Waals surface area contributed by atoms with E-state index in [1.807, 2.05) is 18.2 Å². The van der Waals surface area contributed by atoms with Crippen molar-refractivity contribution in [2.45, 2.75) is 31.9 Å². The predicted octanol–water partition coefficient (Wildman–Crippen LogP) is 3.63. The molecular weight excluding hydrogens is 272 g/mol. The number of H-pyrrole nitrogens is 1. The van der Waals surface area contributed by atoms with Gasteiger partial charge < -0.3 is 15.4 Å². The summed E-state index contributed by atoms with van der Waals surface area (Å²) in [5, 5.41) is 14.4. The summed E-state index contributed by atoms with van der Waals surface area (Å²) >= 11 is 0. The third-order valence-electron chi connectivity index (χ3n) is 4.64. The summed E-state index contributed by atoms with van der Waals surface area (Å²) in [6.45, 7) is 0.0776. The van der Waals surface area contributed by atoms with Gasteiger partial charge in [0.15, 0.2) is 0 Å². The number of nitrogens with one attached hydrogen (secondary N) is 2. The number of aromatic nitrogens is 1. The number of aromatic amines is 1. The average Bonchev–Trinajstić information content (AvgIpc) is 2.93. The van der Waals surface area contributed by atoms with E-state index in [1.165, 1.54) is 22.2 Å². The molecule has 0 radical (unpaired) electrons. The molecule has 1 unspecified atom stereocenters. The monoisotopic (exact) mass is 292 g/mol. The molecule has 1 aliphatic carbocycles. The van der Waals surface area contributed by atoms with Crippen LogP contribution in [0.5, 0.6) is 0 Å². The second-order valence-electron chi connectivity index (χ2n) is 6.03. The normalized spacial score (nSPS) is 17.4. The molecule has 0 saturated carbocycles. The first-order chi connectivity index (χ1) is 10.8. The number of aliphatic hydroxyl groups is 1. The standard InChI is InChI=1S/C19H20N2O/c22-12-13-5-1-3-7-17(13)20-14-9-10-19-16(11-14)15-6-2-4-8-18(15)21-19/h1-8,14,20-22H,9-12H2. The van der Waals surface area contributed by atoms with Crippen LogP contribution >= 0.6 is 0 Å². The maximum absolute atomic E-state index is 9.47. The summed E-state index contributed by atoms with van der Waals surface area (Å²) in [4.78, 5) is 3.56. The number of aryl methyl sites for hydroxylation is 1. The predicted molar refractivity (Wildman–Crippen MR) is 90.1 cm³/mol. The van der Waals surface area contributed by atoms with Gasteiger partial charge in [-0.15, -0.1) is 0 Å². The van der Waals surface area contributed by atoms with Crippen LogP contribution in [0.4, 0.5) is 5.69 Å². The van der Waals surface area contributed by atoms with Crippen molar-refractivity contribution < 1.29 is 5.11 Å². The van der Waals surface area contributed by atoms with Gasteiger partial charge >= 0.3 is 0 Å². The Balaban J connectivity index is 1.61. The summed E-state index contributed by atoms with van der Waals surface area (Å²) in [5.74, 6) is 0. The summed E-state index contributed by atoms with van der Waals surface area (Å²) in [5.41, 5.74) is 6.09. The van der Waals surface area contributed by atoms with Crippen LogP contribution < -0.4 is 5.32 Å². The molecule has 0 bridgehead atoms. The number of rotatable bonds is 3. The van der Waals surface area contributed by atoms with Gasteiger partial charge in [-0.25, -0.2) is 0 Å². The Morgan fingerprint density at radius 2 is 1.91 bits per heavy atom. The van der Waals surface area contributed by atoms with Crippen LogP contribution in [0, 0.1) is 0 Å². The molecule has 3 N–H and O–H groups in total. The molecule has 0 fully saturated rings. The second-order valence-corrected chi connectivity index (χ2v) is 6.03. The van der Waals surface area contributed by atoms with E-state index in [-0.39, 0.29) is 6.61 Å². The second kappa shape index (κ2) is 5.50. The Labute approximate surface area is 130 Å². The molecule has 1 atom stereocenters. The molecule has 1 aliphatic rings. The lowest BCUT2D eigenvalue weighted by atomic mass is 9.91. The summed E-state index contributed by atoms with van der Waals surface area (Å²) in [7, 11) is 0. The van der Waals surface area contributed by atoms with Gasteiger partial charge in [0, 0.05) is 33.9 Å². The minimum Gasteiger partial charge on any atom is -0.392 e. The Kier molecular flexibility index (Phi) is 3.35. The SMILES string of the molecule is OCc1ccccc1NC1CCc2[nH]c3ccccc3c2C1. The smallest absolute Gasteiger partial charge is 0.0701 e. The molecule has 0 amide bonds.